The summed E-state index contributed by atoms with van der Waals surface area (Å²) in [6, 6.07) is 1.98. The van der Waals surface area contributed by atoms with Crippen LogP contribution >= 0.6 is 0 Å². The van der Waals surface area contributed by atoms with E-state index >= 15 is 0 Å². The zero-order valence-electron chi connectivity index (χ0n) is 9.25. The summed E-state index contributed by atoms with van der Waals surface area (Å²) in [7, 11) is 6.02. The van der Waals surface area contributed by atoms with Gasteiger partial charge in [-0.05, 0) is 12.1 Å². The maximum absolute atomic E-state index is 4.32. The summed E-state index contributed by atoms with van der Waals surface area (Å²) < 4.78 is 2.39. The molecule has 1 aliphatic heterocycles. The van der Waals surface area contributed by atoms with Gasteiger partial charge in [0.1, 0.15) is 0 Å². The lowest BCUT2D eigenvalue weighted by molar-refractivity contribution is -0.853. The average molecular weight is 203 g/mol. The Labute approximate surface area is 89.4 Å². The van der Waals surface area contributed by atoms with E-state index in [2.05, 4.69) is 16.3 Å². The SMILES string of the molecule is Cn1nccc1C=CC1=CC=N[N+]1(C)C. The molecule has 4 heteroatoms. The van der Waals surface area contributed by atoms with Crippen molar-refractivity contribution in [3.05, 3.63) is 35.8 Å². The highest BCUT2D eigenvalue weighted by Crippen LogP contribution is 2.18. The largest absolute Gasteiger partial charge is 0.269 e. The highest BCUT2D eigenvalue weighted by atomic mass is 15.6. The van der Waals surface area contributed by atoms with Crippen molar-refractivity contribution in [2.75, 3.05) is 14.1 Å². The number of nitrogens with zero attached hydrogens (tertiary/aromatic N) is 4. The van der Waals surface area contributed by atoms with Gasteiger partial charge in [-0.1, -0.05) is 5.10 Å². The Balaban J connectivity index is 2.18. The van der Waals surface area contributed by atoms with Crippen molar-refractivity contribution in [1.29, 1.82) is 0 Å². The Morgan fingerprint density at radius 3 is 2.67 bits per heavy atom. The van der Waals surface area contributed by atoms with Crippen molar-refractivity contribution < 1.29 is 4.59 Å². The van der Waals surface area contributed by atoms with Crippen LogP contribution in [0.1, 0.15) is 5.69 Å². The topological polar surface area (TPSA) is 30.2 Å². The molecule has 15 heavy (non-hydrogen) atoms. The first-order valence-electron chi connectivity index (χ1n) is 4.86. The lowest BCUT2D eigenvalue weighted by Gasteiger charge is -2.18. The van der Waals surface area contributed by atoms with Gasteiger partial charge in [-0.3, -0.25) is 4.68 Å². The predicted molar refractivity (Wildman–Crippen MR) is 60.9 cm³/mol. The molecule has 0 aliphatic carbocycles. The highest BCUT2D eigenvalue weighted by Gasteiger charge is 2.22. The number of hydrogen-bond donors (Lipinski definition) is 0. The Bertz CT molecular complexity index is 449. The van der Waals surface area contributed by atoms with Crippen molar-refractivity contribution in [1.82, 2.24) is 9.78 Å². The number of quaternary nitrogens is 1. The van der Waals surface area contributed by atoms with Gasteiger partial charge in [0.05, 0.1) is 26.0 Å². The smallest absolute Gasteiger partial charge is 0.160 e. The zero-order chi connectivity index (χ0) is 10.9. The van der Waals surface area contributed by atoms with Crippen LogP contribution in [0.25, 0.3) is 6.08 Å². The van der Waals surface area contributed by atoms with E-state index in [1.165, 1.54) is 0 Å². The van der Waals surface area contributed by atoms with Crippen molar-refractivity contribution in [3.8, 4) is 0 Å². The minimum Gasteiger partial charge on any atom is -0.269 e. The number of aryl methyl sites for hydroxylation is 1. The van der Waals surface area contributed by atoms with Crippen LogP contribution < -0.4 is 0 Å². The first-order valence-corrected chi connectivity index (χ1v) is 4.86. The summed E-state index contributed by atoms with van der Waals surface area (Å²) in [6.07, 6.45) is 9.77. The lowest BCUT2D eigenvalue weighted by atomic mass is 10.3. The molecule has 4 nitrogen and oxygen atoms in total. The van der Waals surface area contributed by atoms with Gasteiger partial charge in [0, 0.05) is 25.4 Å². The third-order valence-electron chi connectivity index (χ3n) is 2.52. The molecule has 0 amide bonds. The van der Waals surface area contributed by atoms with E-state index in [0.29, 0.717) is 4.59 Å². The number of rotatable bonds is 2. The first-order chi connectivity index (χ1) is 7.09. The van der Waals surface area contributed by atoms with Gasteiger partial charge in [0.2, 0.25) is 0 Å². The number of likely N-dealkylation sites (N-methyl/N-ethyl adjacent to an activating group) is 1. The molecule has 0 atom stereocenters. The quantitative estimate of drug-likeness (QED) is 0.668. The van der Waals surface area contributed by atoms with Crippen LogP contribution in [0.15, 0.2) is 35.2 Å². The van der Waals surface area contributed by atoms with Gasteiger partial charge < -0.3 is 0 Å². The van der Waals surface area contributed by atoms with Gasteiger partial charge in [-0.2, -0.15) is 9.69 Å². The van der Waals surface area contributed by atoms with Gasteiger partial charge in [0.15, 0.2) is 5.70 Å². The average Bonchev–Trinajstić information content (AvgIpc) is 2.69. The molecule has 0 bridgehead atoms. The molecule has 0 saturated heterocycles. The number of hydrogen-bond acceptors (Lipinski definition) is 2. The summed E-state index contributed by atoms with van der Waals surface area (Å²) in [5.41, 5.74) is 2.25. The van der Waals surface area contributed by atoms with Crippen LogP contribution in [0.4, 0.5) is 0 Å². The molecule has 78 valence electrons. The lowest BCUT2D eigenvalue weighted by Crippen LogP contribution is -2.28. The van der Waals surface area contributed by atoms with Crippen LogP contribution in [0, 0.1) is 0 Å². The predicted octanol–water partition coefficient (Wildman–Crippen LogP) is 1.39. The van der Waals surface area contributed by atoms with Gasteiger partial charge in [-0.15, -0.1) is 0 Å². The minimum atomic E-state index is 0.550. The summed E-state index contributed by atoms with van der Waals surface area (Å²) in [5, 5.41) is 8.43. The van der Waals surface area contributed by atoms with Gasteiger partial charge in [0.25, 0.3) is 0 Å². The molecular formula is C11H15N4+. The second-order valence-corrected chi connectivity index (χ2v) is 3.96. The molecule has 1 aliphatic rings. The fraction of sp³-hybridized carbons (Fsp3) is 0.273. The Morgan fingerprint density at radius 2 is 2.13 bits per heavy atom. The molecular weight excluding hydrogens is 188 g/mol. The molecule has 1 aromatic heterocycles. The second kappa shape index (κ2) is 3.47. The van der Waals surface area contributed by atoms with Crippen molar-refractivity contribution >= 4 is 12.3 Å². The maximum Gasteiger partial charge on any atom is 0.160 e. The molecule has 2 rings (SSSR count). The molecule has 2 heterocycles. The first kappa shape index (κ1) is 9.86. The van der Waals surface area contributed by atoms with E-state index in [-0.39, 0.29) is 0 Å². The fourth-order valence-corrected chi connectivity index (χ4v) is 1.48. The molecule has 0 radical (unpaired) electrons. The molecule has 0 aromatic carbocycles. The summed E-state index contributed by atoms with van der Waals surface area (Å²) in [4.78, 5) is 0. The van der Waals surface area contributed by atoms with E-state index in [4.69, 9.17) is 0 Å². The van der Waals surface area contributed by atoms with Crippen molar-refractivity contribution in [2.24, 2.45) is 12.1 Å². The van der Waals surface area contributed by atoms with E-state index in [0.717, 1.165) is 11.4 Å². The van der Waals surface area contributed by atoms with Crippen LogP contribution in [0.5, 0.6) is 0 Å². The highest BCUT2D eigenvalue weighted by molar-refractivity contribution is 5.74. The minimum absolute atomic E-state index is 0.550. The summed E-state index contributed by atoms with van der Waals surface area (Å²) in [6.45, 7) is 0. The molecule has 1 aromatic rings. The van der Waals surface area contributed by atoms with E-state index in [9.17, 15) is 0 Å². The van der Waals surface area contributed by atoms with Crippen LogP contribution in [-0.2, 0) is 7.05 Å². The standard InChI is InChI=1S/C11H15N4/c1-14-10(6-8-12-14)4-5-11-7-9-13-15(11,2)3/h4-9H,1-3H3/q+1. The summed E-state index contributed by atoms with van der Waals surface area (Å²) in [5.74, 6) is 0. The van der Waals surface area contributed by atoms with Crippen LogP contribution in [-0.4, -0.2) is 34.7 Å². The maximum atomic E-state index is 4.32. The monoisotopic (exact) mass is 203 g/mol. The van der Waals surface area contributed by atoms with Gasteiger partial charge >= 0.3 is 0 Å². The Hall–Kier alpha value is -1.68. The normalized spacial score (nSPS) is 18.7. The van der Waals surface area contributed by atoms with Gasteiger partial charge in [-0.25, -0.2) is 0 Å². The Kier molecular flexibility index (Phi) is 2.28. The van der Waals surface area contributed by atoms with Crippen molar-refractivity contribution in [3.63, 3.8) is 0 Å². The van der Waals surface area contributed by atoms with Crippen LogP contribution in [0.2, 0.25) is 0 Å². The third-order valence-corrected chi connectivity index (χ3v) is 2.52. The third kappa shape index (κ3) is 1.89. The summed E-state index contributed by atoms with van der Waals surface area (Å²) >= 11 is 0. The fourth-order valence-electron chi connectivity index (χ4n) is 1.48. The van der Waals surface area contributed by atoms with Crippen LogP contribution in [0.3, 0.4) is 0 Å². The Morgan fingerprint density at radius 1 is 1.33 bits per heavy atom. The molecule has 0 spiro atoms. The molecule has 0 unspecified atom stereocenters. The van der Waals surface area contributed by atoms with E-state index in [1.54, 1.807) is 6.20 Å². The molecule has 0 saturated carbocycles. The second-order valence-electron chi connectivity index (χ2n) is 3.96. The molecule has 0 fully saturated rings. The number of allylic oxidation sites excluding steroid dienone is 2. The number of aromatic nitrogens is 2. The van der Waals surface area contributed by atoms with Crippen molar-refractivity contribution in [2.45, 2.75) is 0 Å². The van der Waals surface area contributed by atoms with E-state index in [1.807, 2.05) is 50.3 Å². The van der Waals surface area contributed by atoms with E-state index < -0.39 is 0 Å². The zero-order valence-corrected chi connectivity index (χ0v) is 9.25. The molecule has 0 N–H and O–H groups in total.